The Labute approximate surface area is 174 Å². The molecule has 0 spiro atoms. The number of amides is 1. The van der Waals surface area contributed by atoms with E-state index in [4.69, 9.17) is 9.26 Å². The maximum Gasteiger partial charge on any atom is 0.261 e. The number of nitrogens with one attached hydrogen (secondary N) is 1. The molecule has 6 heteroatoms. The lowest BCUT2D eigenvalue weighted by Crippen LogP contribution is -2.37. The number of rotatable bonds is 7. The Hall–Kier alpha value is -3.67. The monoisotopic (exact) mass is 401 g/mol. The van der Waals surface area contributed by atoms with E-state index in [1.54, 1.807) is 0 Å². The Bertz CT molecular complexity index is 1150. The molecule has 0 radical (unpaired) electrons. The minimum absolute atomic E-state index is 0.148. The quantitative estimate of drug-likeness (QED) is 0.487. The van der Waals surface area contributed by atoms with Gasteiger partial charge in [0.2, 0.25) is 11.7 Å². The van der Waals surface area contributed by atoms with Crippen molar-refractivity contribution >= 4 is 16.7 Å². The average Bonchev–Trinajstić information content (AvgIpc) is 3.25. The zero-order valence-corrected chi connectivity index (χ0v) is 17.0. The van der Waals surface area contributed by atoms with Crippen LogP contribution in [0.2, 0.25) is 0 Å². The number of fused-ring (bicyclic) bond motifs is 1. The second-order valence-electron chi connectivity index (χ2n) is 7.12. The van der Waals surface area contributed by atoms with Gasteiger partial charge in [-0.25, -0.2) is 0 Å². The van der Waals surface area contributed by atoms with Crippen molar-refractivity contribution in [3.63, 3.8) is 0 Å². The van der Waals surface area contributed by atoms with Crippen molar-refractivity contribution in [1.29, 1.82) is 0 Å². The molecule has 1 atom stereocenters. The highest BCUT2D eigenvalue weighted by Gasteiger charge is 2.19. The van der Waals surface area contributed by atoms with E-state index in [0.29, 0.717) is 23.9 Å². The van der Waals surface area contributed by atoms with Gasteiger partial charge in [0, 0.05) is 5.56 Å². The highest BCUT2D eigenvalue weighted by molar-refractivity contribution is 5.84. The van der Waals surface area contributed by atoms with Crippen LogP contribution in [0.5, 0.6) is 5.75 Å². The van der Waals surface area contributed by atoms with Gasteiger partial charge in [-0.1, -0.05) is 72.2 Å². The molecular formula is C24H23N3O3. The van der Waals surface area contributed by atoms with Crippen molar-refractivity contribution in [1.82, 2.24) is 15.5 Å². The van der Waals surface area contributed by atoms with Gasteiger partial charge >= 0.3 is 0 Å². The van der Waals surface area contributed by atoms with Gasteiger partial charge in [0.25, 0.3) is 5.91 Å². The molecule has 0 unspecified atom stereocenters. The summed E-state index contributed by atoms with van der Waals surface area (Å²) in [6.07, 6.45) is -0.0671. The number of benzene rings is 3. The first-order valence-electron chi connectivity index (χ1n) is 9.95. The normalized spacial score (nSPS) is 11.9. The summed E-state index contributed by atoms with van der Waals surface area (Å²) in [5, 5.41) is 9.01. The largest absolute Gasteiger partial charge is 0.481 e. The first-order valence-corrected chi connectivity index (χ1v) is 9.95. The first-order chi connectivity index (χ1) is 14.6. The number of ether oxygens (including phenoxy) is 1. The van der Waals surface area contributed by atoms with Crippen molar-refractivity contribution < 1.29 is 14.1 Å². The highest BCUT2D eigenvalue weighted by atomic mass is 16.5. The Morgan fingerprint density at radius 3 is 2.60 bits per heavy atom. The molecule has 30 heavy (non-hydrogen) atoms. The van der Waals surface area contributed by atoms with Crippen LogP contribution < -0.4 is 10.1 Å². The number of nitrogens with zero attached hydrogens (tertiary/aromatic N) is 2. The molecule has 3 aromatic carbocycles. The summed E-state index contributed by atoms with van der Waals surface area (Å²) in [7, 11) is 0. The molecule has 0 saturated carbocycles. The molecule has 4 aromatic rings. The predicted molar refractivity (Wildman–Crippen MR) is 115 cm³/mol. The van der Waals surface area contributed by atoms with E-state index >= 15 is 0 Å². The molecule has 1 amide bonds. The van der Waals surface area contributed by atoms with Crippen molar-refractivity contribution in [2.45, 2.75) is 32.9 Å². The fourth-order valence-electron chi connectivity index (χ4n) is 3.15. The maximum atomic E-state index is 12.6. The Balaban J connectivity index is 1.37. The summed E-state index contributed by atoms with van der Waals surface area (Å²) < 4.78 is 11.2. The third-order valence-corrected chi connectivity index (χ3v) is 4.85. The fourth-order valence-corrected chi connectivity index (χ4v) is 3.15. The molecule has 0 aliphatic carbocycles. The third kappa shape index (κ3) is 4.49. The molecule has 0 aliphatic heterocycles. The van der Waals surface area contributed by atoms with Crippen LogP contribution in [-0.4, -0.2) is 22.2 Å². The SMILES string of the molecule is CC[C@H](Oc1ccc2ccccc2c1)C(=O)NCc1nc(-c2ccc(C)cc2)no1. The lowest BCUT2D eigenvalue weighted by atomic mass is 10.1. The summed E-state index contributed by atoms with van der Waals surface area (Å²) in [5.41, 5.74) is 2.03. The van der Waals surface area contributed by atoms with Crippen LogP contribution in [0, 0.1) is 6.92 Å². The van der Waals surface area contributed by atoms with E-state index < -0.39 is 6.10 Å². The lowest BCUT2D eigenvalue weighted by molar-refractivity contribution is -0.128. The van der Waals surface area contributed by atoms with Gasteiger partial charge < -0.3 is 14.6 Å². The molecule has 1 aromatic heterocycles. The summed E-state index contributed by atoms with van der Waals surface area (Å²) in [5.74, 6) is 1.29. The van der Waals surface area contributed by atoms with Crippen LogP contribution in [-0.2, 0) is 11.3 Å². The number of aromatic nitrogens is 2. The molecule has 0 fully saturated rings. The van der Waals surface area contributed by atoms with E-state index in [9.17, 15) is 4.79 Å². The first kappa shape index (κ1) is 19.6. The second-order valence-corrected chi connectivity index (χ2v) is 7.12. The van der Waals surface area contributed by atoms with Crippen LogP contribution >= 0.6 is 0 Å². The smallest absolute Gasteiger partial charge is 0.261 e. The lowest BCUT2D eigenvalue weighted by Gasteiger charge is -2.17. The molecule has 6 nitrogen and oxygen atoms in total. The Morgan fingerprint density at radius 2 is 1.83 bits per heavy atom. The van der Waals surface area contributed by atoms with Gasteiger partial charge in [-0.15, -0.1) is 0 Å². The number of carbonyl (C=O) groups is 1. The molecule has 0 saturated heterocycles. The van der Waals surface area contributed by atoms with Crippen LogP contribution in [0.15, 0.2) is 71.3 Å². The van der Waals surface area contributed by atoms with Gasteiger partial charge in [0.1, 0.15) is 5.75 Å². The van der Waals surface area contributed by atoms with Crippen molar-refractivity contribution in [3.05, 3.63) is 78.2 Å². The minimum Gasteiger partial charge on any atom is -0.481 e. The average molecular weight is 401 g/mol. The zero-order chi connectivity index (χ0) is 20.9. The standard InChI is InChI=1S/C24H23N3O3/c1-3-21(29-20-13-12-17-6-4-5-7-19(17)14-20)24(28)25-15-22-26-23(27-30-22)18-10-8-16(2)9-11-18/h4-14,21H,3,15H2,1-2H3,(H,25,28)/t21-/m0/s1. The topological polar surface area (TPSA) is 77.2 Å². The summed E-state index contributed by atoms with van der Waals surface area (Å²) in [4.78, 5) is 17.0. The number of hydrogen-bond donors (Lipinski definition) is 1. The van der Waals surface area contributed by atoms with E-state index in [0.717, 1.165) is 21.9 Å². The van der Waals surface area contributed by atoms with E-state index in [-0.39, 0.29) is 12.5 Å². The van der Waals surface area contributed by atoms with Crippen LogP contribution in [0.3, 0.4) is 0 Å². The van der Waals surface area contributed by atoms with Gasteiger partial charge in [-0.2, -0.15) is 4.98 Å². The Morgan fingerprint density at radius 1 is 1.07 bits per heavy atom. The fraction of sp³-hybridized carbons (Fsp3) is 0.208. The highest BCUT2D eigenvalue weighted by Crippen LogP contribution is 2.22. The minimum atomic E-state index is -0.606. The van der Waals surface area contributed by atoms with Gasteiger partial charge in [-0.3, -0.25) is 4.79 Å². The van der Waals surface area contributed by atoms with Gasteiger partial charge in [-0.05, 0) is 36.2 Å². The van der Waals surface area contributed by atoms with Gasteiger partial charge in [0.05, 0.1) is 6.54 Å². The summed E-state index contributed by atoms with van der Waals surface area (Å²) >= 11 is 0. The van der Waals surface area contributed by atoms with Gasteiger partial charge in [0.15, 0.2) is 6.10 Å². The zero-order valence-electron chi connectivity index (χ0n) is 17.0. The third-order valence-electron chi connectivity index (χ3n) is 4.85. The number of hydrogen-bond acceptors (Lipinski definition) is 5. The molecule has 0 bridgehead atoms. The number of aryl methyl sites for hydroxylation is 1. The predicted octanol–water partition coefficient (Wildman–Crippen LogP) is 4.67. The van der Waals surface area contributed by atoms with Crippen LogP contribution in [0.25, 0.3) is 22.2 Å². The molecule has 1 heterocycles. The molecule has 1 N–H and O–H groups in total. The number of carbonyl (C=O) groups excluding carboxylic acids is 1. The van der Waals surface area contributed by atoms with Crippen molar-refractivity contribution in [2.24, 2.45) is 0 Å². The second kappa shape index (κ2) is 8.78. The summed E-state index contributed by atoms with van der Waals surface area (Å²) in [6, 6.07) is 21.7. The maximum absolute atomic E-state index is 12.6. The van der Waals surface area contributed by atoms with E-state index in [2.05, 4.69) is 15.5 Å². The molecule has 152 valence electrons. The Kier molecular flexibility index (Phi) is 5.75. The van der Waals surface area contributed by atoms with Crippen molar-refractivity contribution in [3.8, 4) is 17.1 Å². The molecule has 4 rings (SSSR count). The van der Waals surface area contributed by atoms with Crippen LogP contribution in [0.1, 0.15) is 24.8 Å². The van der Waals surface area contributed by atoms with E-state index in [1.165, 1.54) is 0 Å². The van der Waals surface area contributed by atoms with E-state index in [1.807, 2.05) is 80.6 Å². The molecule has 0 aliphatic rings. The van der Waals surface area contributed by atoms with Crippen LogP contribution in [0.4, 0.5) is 0 Å². The van der Waals surface area contributed by atoms with Crippen molar-refractivity contribution in [2.75, 3.05) is 0 Å². The molecular weight excluding hydrogens is 378 g/mol. The summed E-state index contributed by atoms with van der Waals surface area (Å²) in [6.45, 7) is 4.08.